The van der Waals surface area contributed by atoms with Crippen LogP contribution in [-0.4, -0.2) is 11.8 Å². The predicted octanol–water partition coefficient (Wildman–Crippen LogP) is 0.206. The van der Waals surface area contributed by atoms with Gasteiger partial charge in [0.1, 0.15) is 11.5 Å². The molecule has 2 N–H and O–H groups in total. The third-order valence-corrected chi connectivity index (χ3v) is 1.86. The molecule has 60 valence electrons. The summed E-state index contributed by atoms with van der Waals surface area (Å²) in [6.45, 7) is 1.76. The molecule has 0 bridgehead atoms. The van der Waals surface area contributed by atoms with Crippen molar-refractivity contribution < 1.29 is 9.26 Å². The van der Waals surface area contributed by atoms with E-state index < -0.39 is 0 Å². The van der Waals surface area contributed by atoms with Crippen molar-refractivity contribution in [3.05, 3.63) is 17.0 Å². The molecular formula is C7H10N2O2. The van der Waals surface area contributed by atoms with Crippen molar-refractivity contribution in [1.82, 2.24) is 5.16 Å². The molecule has 1 aliphatic rings. The van der Waals surface area contributed by atoms with Crippen molar-refractivity contribution in [2.45, 2.75) is 19.6 Å². The fourth-order valence-electron chi connectivity index (χ4n) is 1.24. The van der Waals surface area contributed by atoms with Crippen molar-refractivity contribution in [1.29, 1.82) is 0 Å². The highest BCUT2D eigenvalue weighted by Gasteiger charge is 2.18. The summed E-state index contributed by atoms with van der Waals surface area (Å²) in [6, 6.07) is 0. The number of ether oxygens (including phenoxy) is 1. The summed E-state index contributed by atoms with van der Waals surface area (Å²) in [5.41, 5.74) is 7.33. The fourth-order valence-corrected chi connectivity index (χ4v) is 1.24. The van der Waals surface area contributed by atoms with Crippen LogP contribution in [0.25, 0.3) is 0 Å². The number of hydrogen-bond acceptors (Lipinski definition) is 4. The molecule has 0 atom stereocenters. The van der Waals surface area contributed by atoms with Gasteiger partial charge in [-0.05, 0) is 0 Å². The Hall–Kier alpha value is -0.870. The highest BCUT2D eigenvalue weighted by molar-refractivity contribution is 5.23. The summed E-state index contributed by atoms with van der Waals surface area (Å²) in [4.78, 5) is 0. The molecule has 0 amide bonds. The van der Waals surface area contributed by atoms with Gasteiger partial charge in [-0.15, -0.1) is 0 Å². The first-order valence-corrected chi connectivity index (χ1v) is 3.66. The first-order valence-electron chi connectivity index (χ1n) is 3.66. The smallest absolute Gasteiger partial charge is 0.144 e. The lowest BCUT2D eigenvalue weighted by molar-refractivity contribution is 0.102. The molecule has 1 aliphatic heterocycles. The molecular weight excluding hydrogens is 144 g/mol. The predicted molar refractivity (Wildman–Crippen MR) is 37.8 cm³/mol. The molecule has 4 nitrogen and oxygen atoms in total. The van der Waals surface area contributed by atoms with Gasteiger partial charge in [-0.25, -0.2) is 0 Å². The third kappa shape index (κ3) is 1.04. The highest BCUT2D eigenvalue weighted by Crippen LogP contribution is 2.19. The van der Waals surface area contributed by atoms with E-state index in [4.69, 9.17) is 15.0 Å². The van der Waals surface area contributed by atoms with E-state index in [1.165, 1.54) is 0 Å². The van der Waals surface area contributed by atoms with Crippen LogP contribution >= 0.6 is 0 Å². The van der Waals surface area contributed by atoms with Crippen molar-refractivity contribution in [2.75, 3.05) is 6.61 Å². The van der Waals surface area contributed by atoms with E-state index in [1.54, 1.807) is 0 Å². The van der Waals surface area contributed by atoms with Gasteiger partial charge in [0, 0.05) is 18.5 Å². The molecule has 11 heavy (non-hydrogen) atoms. The molecule has 4 heteroatoms. The van der Waals surface area contributed by atoms with Crippen LogP contribution in [0.5, 0.6) is 0 Å². The Morgan fingerprint density at radius 3 is 3.27 bits per heavy atom. The van der Waals surface area contributed by atoms with Gasteiger partial charge in [-0.2, -0.15) is 0 Å². The van der Waals surface area contributed by atoms with Crippen molar-refractivity contribution >= 4 is 0 Å². The molecule has 0 radical (unpaired) electrons. The molecule has 0 fully saturated rings. The van der Waals surface area contributed by atoms with Gasteiger partial charge in [0.05, 0.1) is 13.2 Å². The van der Waals surface area contributed by atoms with E-state index in [0.29, 0.717) is 13.2 Å². The average molecular weight is 154 g/mol. The molecule has 2 heterocycles. The zero-order valence-corrected chi connectivity index (χ0v) is 6.17. The van der Waals surface area contributed by atoms with Crippen LogP contribution in [0.2, 0.25) is 0 Å². The minimum atomic E-state index is 0.433. The molecule has 0 saturated carbocycles. The highest BCUT2D eigenvalue weighted by atomic mass is 16.5. The van der Waals surface area contributed by atoms with Gasteiger partial charge in [0.25, 0.3) is 0 Å². The van der Waals surface area contributed by atoms with Crippen LogP contribution in [0.4, 0.5) is 0 Å². The van der Waals surface area contributed by atoms with Crippen molar-refractivity contribution in [3.8, 4) is 0 Å². The zero-order valence-electron chi connectivity index (χ0n) is 6.17. The number of rotatable bonds is 1. The average Bonchev–Trinajstić information content (AvgIpc) is 2.47. The van der Waals surface area contributed by atoms with E-state index in [2.05, 4.69) is 5.16 Å². The molecule has 0 spiro atoms. The largest absolute Gasteiger partial charge is 0.376 e. The van der Waals surface area contributed by atoms with E-state index in [9.17, 15) is 0 Å². The van der Waals surface area contributed by atoms with E-state index in [0.717, 1.165) is 30.0 Å². The van der Waals surface area contributed by atoms with Crippen LogP contribution in [0.3, 0.4) is 0 Å². The van der Waals surface area contributed by atoms with Crippen molar-refractivity contribution in [3.63, 3.8) is 0 Å². The summed E-state index contributed by atoms with van der Waals surface area (Å²) >= 11 is 0. The monoisotopic (exact) mass is 154 g/mol. The molecule has 1 aromatic heterocycles. The third-order valence-electron chi connectivity index (χ3n) is 1.86. The standard InChI is InChI=1S/C7H10N2O2/c8-3-6-5-4-10-2-1-7(5)11-9-6/h1-4,8H2. The second-order valence-corrected chi connectivity index (χ2v) is 2.54. The van der Waals surface area contributed by atoms with Crippen LogP contribution in [0, 0.1) is 0 Å². The Bertz CT molecular complexity index is 243. The van der Waals surface area contributed by atoms with Crippen LogP contribution in [0.15, 0.2) is 4.52 Å². The quantitative estimate of drug-likeness (QED) is 0.628. The lowest BCUT2D eigenvalue weighted by atomic mass is 10.1. The van der Waals surface area contributed by atoms with Gasteiger partial charge in [-0.1, -0.05) is 5.16 Å². The number of aromatic nitrogens is 1. The Balaban J connectivity index is 2.38. The molecule has 0 saturated heterocycles. The lowest BCUT2D eigenvalue weighted by Crippen LogP contribution is -2.10. The Morgan fingerprint density at radius 2 is 2.45 bits per heavy atom. The van der Waals surface area contributed by atoms with Gasteiger partial charge in [0.2, 0.25) is 0 Å². The SMILES string of the molecule is NCc1noc2c1COCC2. The van der Waals surface area contributed by atoms with Gasteiger partial charge >= 0.3 is 0 Å². The summed E-state index contributed by atoms with van der Waals surface area (Å²) in [5, 5.41) is 3.84. The van der Waals surface area contributed by atoms with Gasteiger partial charge in [-0.3, -0.25) is 0 Å². The maximum atomic E-state index is 5.44. The second kappa shape index (κ2) is 2.64. The Labute approximate surface area is 64.3 Å². The molecule has 2 rings (SSSR count). The molecule has 1 aromatic rings. The second-order valence-electron chi connectivity index (χ2n) is 2.54. The van der Waals surface area contributed by atoms with Crippen LogP contribution in [0.1, 0.15) is 17.0 Å². The molecule has 0 unspecified atom stereocenters. The minimum absolute atomic E-state index is 0.433. The first kappa shape index (κ1) is 6.82. The van der Waals surface area contributed by atoms with Gasteiger partial charge < -0.3 is 15.0 Å². The summed E-state index contributed by atoms with van der Waals surface area (Å²) < 4.78 is 10.3. The Kier molecular flexibility index (Phi) is 1.63. The first-order chi connectivity index (χ1) is 5.42. The normalized spacial score (nSPS) is 16.5. The minimum Gasteiger partial charge on any atom is -0.376 e. The lowest BCUT2D eigenvalue weighted by Gasteiger charge is -2.09. The number of fused-ring (bicyclic) bond motifs is 1. The Morgan fingerprint density at radius 1 is 1.55 bits per heavy atom. The maximum Gasteiger partial charge on any atom is 0.144 e. The zero-order chi connectivity index (χ0) is 7.68. The van der Waals surface area contributed by atoms with E-state index >= 15 is 0 Å². The number of hydrogen-bond donors (Lipinski definition) is 1. The van der Waals surface area contributed by atoms with Crippen molar-refractivity contribution in [2.24, 2.45) is 5.73 Å². The molecule has 0 aliphatic carbocycles. The molecule has 0 aromatic carbocycles. The fraction of sp³-hybridized carbons (Fsp3) is 0.571. The number of nitrogens with two attached hydrogens (primary N) is 1. The van der Waals surface area contributed by atoms with E-state index in [1.807, 2.05) is 0 Å². The van der Waals surface area contributed by atoms with E-state index in [-0.39, 0.29) is 0 Å². The number of nitrogens with zero attached hydrogens (tertiary/aromatic N) is 1. The summed E-state index contributed by atoms with van der Waals surface area (Å²) in [6.07, 6.45) is 0.822. The maximum absolute atomic E-state index is 5.44. The van der Waals surface area contributed by atoms with Crippen LogP contribution < -0.4 is 5.73 Å². The van der Waals surface area contributed by atoms with Gasteiger partial charge in [0.15, 0.2) is 0 Å². The topological polar surface area (TPSA) is 61.3 Å². The van der Waals surface area contributed by atoms with Crippen LogP contribution in [-0.2, 0) is 24.3 Å². The summed E-state index contributed by atoms with van der Waals surface area (Å²) in [5.74, 6) is 0.941. The summed E-state index contributed by atoms with van der Waals surface area (Å²) in [7, 11) is 0.